The highest BCUT2D eigenvalue weighted by Gasteiger charge is 2.27. The molecule has 0 saturated carbocycles. The Balaban J connectivity index is 1.71. The van der Waals surface area contributed by atoms with E-state index in [9.17, 15) is 13.2 Å². The van der Waals surface area contributed by atoms with Gasteiger partial charge in [0.15, 0.2) is 11.5 Å². The Morgan fingerprint density at radius 1 is 0.933 bits per heavy atom. The van der Waals surface area contributed by atoms with E-state index in [1.165, 1.54) is 49.9 Å². The summed E-state index contributed by atoms with van der Waals surface area (Å²) < 4.78 is 42.7. The second-order valence-electron chi connectivity index (χ2n) is 6.81. The summed E-state index contributed by atoms with van der Waals surface area (Å²) in [7, 11) is 1.06. The van der Waals surface area contributed by atoms with Crippen molar-refractivity contribution in [2.45, 2.75) is 24.3 Å². The summed E-state index contributed by atoms with van der Waals surface area (Å²) in [4.78, 5) is 12.7. The molecule has 1 heterocycles. The van der Waals surface area contributed by atoms with Gasteiger partial charge in [-0.3, -0.25) is 4.79 Å². The molecule has 162 valence electrons. The van der Waals surface area contributed by atoms with Crippen molar-refractivity contribution in [1.29, 1.82) is 0 Å². The highest BCUT2D eigenvalue weighted by atomic mass is 32.2. The predicted molar refractivity (Wildman–Crippen MR) is 112 cm³/mol. The van der Waals surface area contributed by atoms with Crippen molar-refractivity contribution in [2.24, 2.45) is 0 Å². The van der Waals surface area contributed by atoms with Gasteiger partial charge in [-0.25, -0.2) is 8.42 Å². The van der Waals surface area contributed by atoms with Crippen molar-refractivity contribution < 1.29 is 27.4 Å². The Morgan fingerprint density at radius 2 is 1.57 bits per heavy atom. The molecule has 0 aliphatic carbocycles. The molecule has 1 fully saturated rings. The van der Waals surface area contributed by atoms with Gasteiger partial charge in [0.2, 0.25) is 15.8 Å². The van der Waals surface area contributed by atoms with Crippen LogP contribution in [-0.2, 0) is 16.6 Å². The molecule has 3 rings (SSSR count). The summed E-state index contributed by atoms with van der Waals surface area (Å²) in [6, 6.07) is 9.50. The van der Waals surface area contributed by atoms with Crippen molar-refractivity contribution in [3.8, 4) is 17.2 Å². The Hall–Kier alpha value is -2.78. The zero-order chi connectivity index (χ0) is 21.7. The molecule has 0 spiro atoms. The lowest BCUT2D eigenvalue weighted by Gasteiger charge is -2.16. The van der Waals surface area contributed by atoms with Crippen molar-refractivity contribution in [1.82, 2.24) is 9.62 Å². The second kappa shape index (κ2) is 9.36. The van der Waals surface area contributed by atoms with Crippen molar-refractivity contribution in [2.75, 3.05) is 34.4 Å². The van der Waals surface area contributed by atoms with E-state index in [-0.39, 0.29) is 17.3 Å². The SMILES string of the molecule is COc1ccc(CNC(=O)c2ccc(S(=O)(=O)N3CCCC3)cc2)c(OC)c1OC. The van der Waals surface area contributed by atoms with Crippen LogP contribution in [0.15, 0.2) is 41.3 Å². The molecule has 9 heteroatoms. The third-order valence-corrected chi connectivity index (χ3v) is 6.96. The van der Waals surface area contributed by atoms with Crippen LogP contribution in [0.4, 0.5) is 0 Å². The molecule has 1 aliphatic rings. The number of benzene rings is 2. The van der Waals surface area contributed by atoms with Crippen LogP contribution in [0.3, 0.4) is 0 Å². The number of methoxy groups -OCH3 is 3. The minimum Gasteiger partial charge on any atom is -0.493 e. The number of ether oxygens (including phenoxy) is 3. The molecule has 2 aromatic rings. The molecule has 1 amide bonds. The van der Waals surface area contributed by atoms with Crippen molar-refractivity contribution >= 4 is 15.9 Å². The van der Waals surface area contributed by atoms with Gasteiger partial charge in [0, 0.05) is 30.8 Å². The first-order valence-corrected chi connectivity index (χ1v) is 11.0. The average Bonchev–Trinajstić information content (AvgIpc) is 3.32. The van der Waals surface area contributed by atoms with Gasteiger partial charge < -0.3 is 19.5 Å². The zero-order valence-electron chi connectivity index (χ0n) is 17.3. The Labute approximate surface area is 176 Å². The first kappa shape index (κ1) is 21.9. The summed E-state index contributed by atoms with van der Waals surface area (Å²) in [5.74, 6) is 1.13. The topological polar surface area (TPSA) is 94.2 Å². The van der Waals surface area contributed by atoms with E-state index >= 15 is 0 Å². The van der Waals surface area contributed by atoms with Crippen LogP contribution in [0, 0.1) is 0 Å². The summed E-state index contributed by atoms with van der Waals surface area (Å²) in [6.45, 7) is 1.28. The standard InChI is InChI=1S/C21H26N2O6S/c1-27-18-11-8-16(19(28-2)20(18)29-3)14-22-21(24)15-6-9-17(10-7-15)30(25,26)23-12-4-5-13-23/h6-11H,4-5,12-14H2,1-3H3,(H,22,24). The van der Waals surface area contributed by atoms with Gasteiger partial charge in [-0.2, -0.15) is 4.31 Å². The van der Waals surface area contributed by atoms with E-state index in [0.717, 1.165) is 18.4 Å². The fourth-order valence-electron chi connectivity index (χ4n) is 3.44. The molecule has 0 atom stereocenters. The van der Waals surface area contributed by atoms with Gasteiger partial charge >= 0.3 is 0 Å². The molecule has 1 aliphatic heterocycles. The van der Waals surface area contributed by atoms with Gasteiger partial charge in [0.05, 0.1) is 26.2 Å². The zero-order valence-corrected chi connectivity index (χ0v) is 18.1. The molecule has 1 N–H and O–H groups in total. The number of nitrogens with one attached hydrogen (secondary N) is 1. The first-order valence-electron chi connectivity index (χ1n) is 9.58. The maximum absolute atomic E-state index is 12.6. The molecule has 1 saturated heterocycles. The summed E-state index contributed by atoms with van der Waals surface area (Å²) in [5, 5.41) is 2.82. The number of carbonyl (C=O) groups is 1. The smallest absolute Gasteiger partial charge is 0.251 e. The number of sulfonamides is 1. The number of carbonyl (C=O) groups excluding carboxylic acids is 1. The van der Waals surface area contributed by atoms with E-state index in [0.29, 0.717) is 35.9 Å². The van der Waals surface area contributed by atoms with Crippen LogP contribution < -0.4 is 19.5 Å². The molecule has 0 unspecified atom stereocenters. The van der Waals surface area contributed by atoms with E-state index in [1.54, 1.807) is 12.1 Å². The third kappa shape index (κ3) is 4.36. The fraction of sp³-hybridized carbons (Fsp3) is 0.381. The monoisotopic (exact) mass is 434 g/mol. The molecular formula is C21H26N2O6S. The van der Waals surface area contributed by atoms with Crippen LogP contribution in [0.25, 0.3) is 0 Å². The molecule has 0 radical (unpaired) electrons. The lowest BCUT2D eigenvalue weighted by molar-refractivity contribution is 0.0950. The molecule has 0 aromatic heterocycles. The lowest BCUT2D eigenvalue weighted by Crippen LogP contribution is -2.28. The van der Waals surface area contributed by atoms with Gasteiger partial charge in [-0.1, -0.05) is 0 Å². The number of hydrogen-bond donors (Lipinski definition) is 1. The van der Waals surface area contributed by atoms with E-state index < -0.39 is 10.0 Å². The van der Waals surface area contributed by atoms with Gasteiger partial charge in [-0.05, 0) is 49.2 Å². The molecule has 2 aromatic carbocycles. The van der Waals surface area contributed by atoms with Gasteiger partial charge in [0.1, 0.15) is 0 Å². The predicted octanol–water partition coefficient (Wildman–Crippen LogP) is 2.43. The van der Waals surface area contributed by atoms with Crippen LogP contribution >= 0.6 is 0 Å². The highest BCUT2D eigenvalue weighted by molar-refractivity contribution is 7.89. The minimum atomic E-state index is -3.50. The number of nitrogens with zero attached hydrogens (tertiary/aromatic N) is 1. The lowest BCUT2D eigenvalue weighted by atomic mass is 10.1. The maximum Gasteiger partial charge on any atom is 0.251 e. The molecular weight excluding hydrogens is 408 g/mol. The first-order chi connectivity index (χ1) is 14.4. The average molecular weight is 435 g/mol. The summed E-state index contributed by atoms with van der Waals surface area (Å²) in [5.41, 5.74) is 1.09. The van der Waals surface area contributed by atoms with Crippen molar-refractivity contribution in [3.63, 3.8) is 0 Å². The van der Waals surface area contributed by atoms with Crippen LogP contribution in [0.1, 0.15) is 28.8 Å². The second-order valence-corrected chi connectivity index (χ2v) is 8.75. The number of hydrogen-bond acceptors (Lipinski definition) is 6. The van der Waals surface area contributed by atoms with Crippen LogP contribution in [0.5, 0.6) is 17.2 Å². The largest absolute Gasteiger partial charge is 0.493 e. The van der Waals surface area contributed by atoms with E-state index in [1.807, 2.05) is 0 Å². The quantitative estimate of drug-likeness (QED) is 0.686. The Kier molecular flexibility index (Phi) is 6.84. The molecule has 0 bridgehead atoms. The highest BCUT2D eigenvalue weighted by Crippen LogP contribution is 2.39. The summed E-state index contributed by atoms with van der Waals surface area (Å²) >= 11 is 0. The van der Waals surface area contributed by atoms with Gasteiger partial charge in [-0.15, -0.1) is 0 Å². The Morgan fingerprint density at radius 3 is 2.13 bits per heavy atom. The third-order valence-electron chi connectivity index (χ3n) is 5.04. The van der Waals surface area contributed by atoms with E-state index in [2.05, 4.69) is 5.32 Å². The number of amides is 1. The minimum absolute atomic E-state index is 0.197. The fourth-order valence-corrected chi connectivity index (χ4v) is 4.95. The van der Waals surface area contributed by atoms with Crippen LogP contribution in [0.2, 0.25) is 0 Å². The Bertz CT molecular complexity index is 999. The van der Waals surface area contributed by atoms with E-state index in [4.69, 9.17) is 14.2 Å². The maximum atomic E-state index is 12.6. The summed E-state index contributed by atoms with van der Waals surface area (Å²) in [6.07, 6.45) is 1.75. The van der Waals surface area contributed by atoms with Gasteiger partial charge in [0.25, 0.3) is 5.91 Å². The normalized spacial score (nSPS) is 14.4. The van der Waals surface area contributed by atoms with Crippen LogP contribution in [-0.4, -0.2) is 53.0 Å². The molecule has 30 heavy (non-hydrogen) atoms. The van der Waals surface area contributed by atoms with Crippen molar-refractivity contribution in [3.05, 3.63) is 47.5 Å². The number of rotatable bonds is 8. The molecule has 8 nitrogen and oxygen atoms in total.